The molecule has 3 nitrogen and oxygen atoms in total. The van der Waals surface area contributed by atoms with Crippen LogP contribution in [-0.2, 0) is 0 Å². The molecule has 3 rings (SSSR count). The molecule has 0 unspecified atom stereocenters. The van der Waals surface area contributed by atoms with Crippen LogP contribution in [0.5, 0.6) is 0 Å². The first-order chi connectivity index (χ1) is 11.6. The molecule has 0 radical (unpaired) electrons. The van der Waals surface area contributed by atoms with E-state index in [1.54, 1.807) is 0 Å². The van der Waals surface area contributed by atoms with Crippen molar-refractivity contribution in [2.75, 3.05) is 19.6 Å². The van der Waals surface area contributed by atoms with E-state index in [0.29, 0.717) is 18.6 Å². The smallest absolute Gasteiger partial charge is 0.0914 e. The van der Waals surface area contributed by atoms with Crippen LogP contribution >= 0.6 is 0 Å². The number of aliphatic hydroxyl groups is 1. The van der Waals surface area contributed by atoms with E-state index < -0.39 is 6.10 Å². The number of rotatable bonds is 6. The van der Waals surface area contributed by atoms with Gasteiger partial charge in [-0.1, -0.05) is 60.2 Å². The first kappa shape index (κ1) is 17.2. The second-order valence-electron chi connectivity index (χ2n) is 6.90. The van der Waals surface area contributed by atoms with Crippen molar-refractivity contribution in [3.8, 4) is 0 Å². The molecule has 0 saturated carbocycles. The maximum Gasteiger partial charge on any atom is 0.0914 e. The van der Waals surface area contributed by atoms with Gasteiger partial charge >= 0.3 is 0 Å². The Morgan fingerprint density at radius 2 is 1.79 bits per heavy atom. The topological polar surface area (TPSA) is 35.5 Å². The molecule has 3 heteroatoms. The first-order valence-corrected chi connectivity index (χ1v) is 8.90. The average Bonchev–Trinajstić information content (AvgIpc) is 3.09. The van der Waals surface area contributed by atoms with Crippen molar-refractivity contribution in [2.45, 2.75) is 38.5 Å². The monoisotopic (exact) mass is 324 g/mol. The lowest BCUT2D eigenvalue weighted by atomic mass is 10.1. The minimum Gasteiger partial charge on any atom is -0.387 e. The predicted octanol–water partition coefficient (Wildman–Crippen LogP) is 3.45. The molecule has 2 N–H and O–H groups in total. The van der Waals surface area contributed by atoms with Gasteiger partial charge in [-0.15, -0.1) is 0 Å². The molecule has 0 bridgehead atoms. The van der Waals surface area contributed by atoms with E-state index in [9.17, 15) is 5.11 Å². The minimum absolute atomic E-state index is 0.439. The highest BCUT2D eigenvalue weighted by molar-refractivity contribution is 5.23. The molecule has 0 amide bonds. The maximum absolute atomic E-state index is 10.3. The SMILES string of the molecule is Cc1ccc([C@H](O)CN[C@H]2CCN([C@H](C)c3ccccc3)C2)cc1. The third kappa shape index (κ3) is 4.23. The zero-order chi connectivity index (χ0) is 16.9. The number of nitrogens with one attached hydrogen (secondary N) is 1. The second kappa shape index (κ2) is 7.93. The summed E-state index contributed by atoms with van der Waals surface area (Å²) < 4.78 is 0. The summed E-state index contributed by atoms with van der Waals surface area (Å²) in [5.41, 5.74) is 3.58. The van der Waals surface area contributed by atoms with Gasteiger partial charge in [-0.25, -0.2) is 0 Å². The molecule has 1 aliphatic rings. The molecule has 0 aromatic heterocycles. The molecule has 3 atom stereocenters. The average molecular weight is 324 g/mol. The van der Waals surface area contributed by atoms with E-state index >= 15 is 0 Å². The summed E-state index contributed by atoms with van der Waals surface area (Å²) in [6, 6.07) is 19.7. The van der Waals surface area contributed by atoms with Gasteiger partial charge in [0.1, 0.15) is 0 Å². The number of aryl methyl sites for hydroxylation is 1. The van der Waals surface area contributed by atoms with Gasteiger partial charge in [-0.3, -0.25) is 4.90 Å². The Kier molecular flexibility index (Phi) is 5.67. The van der Waals surface area contributed by atoms with Crippen LogP contribution in [0.2, 0.25) is 0 Å². The number of nitrogens with zero attached hydrogens (tertiary/aromatic N) is 1. The quantitative estimate of drug-likeness (QED) is 0.854. The zero-order valence-corrected chi connectivity index (χ0v) is 14.7. The lowest BCUT2D eigenvalue weighted by molar-refractivity contribution is 0.168. The Hall–Kier alpha value is -1.68. The summed E-state index contributed by atoms with van der Waals surface area (Å²) in [7, 11) is 0. The molecule has 1 saturated heterocycles. The number of hydrogen-bond donors (Lipinski definition) is 2. The van der Waals surface area contributed by atoms with Crippen LogP contribution in [0.4, 0.5) is 0 Å². The first-order valence-electron chi connectivity index (χ1n) is 8.90. The van der Waals surface area contributed by atoms with Crippen molar-refractivity contribution in [2.24, 2.45) is 0 Å². The third-order valence-electron chi connectivity index (χ3n) is 5.11. The summed E-state index contributed by atoms with van der Waals surface area (Å²) in [5.74, 6) is 0. The molecule has 2 aromatic rings. The van der Waals surface area contributed by atoms with Crippen molar-refractivity contribution in [1.29, 1.82) is 0 Å². The van der Waals surface area contributed by atoms with E-state index in [4.69, 9.17) is 0 Å². The molecule has 128 valence electrons. The van der Waals surface area contributed by atoms with Gasteiger partial charge in [0, 0.05) is 31.7 Å². The molecule has 0 spiro atoms. The molecule has 24 heavy (non-hydrogen) atoms. The fourth-order valence-electron chi connectivity index (χ4n) is 3.43. The van der Waals surface area contributed by atoms with Crippen molar-refractivity contribution in [3.05, 3.63) is 71.3 Å². The van der Waals surface area contributed by atoms with Crippen molar-refractivity contribution < 1.29 is 5.11 Å². The highest BCUT2D eigenvalue weighted by atomic mass is 16.3. The largest absolute Gasteiger partial charge is 0.387 e. The van der Waals surface area contributed by atoms with E-state index in [2.05, 4.69) is 66.5 Å². The Morgan fingerprint density at radius 1 is 1.08 bits per heavy atom. The summed E-state index contributed by atoms with van der Waals surface area (Å²) in [6.07, 6.45) is 0.698. The number of aliphatic hydroxyl groups excluding tert-OH is 1. The molecular formula is C21H28N2O. The van der Waals surface area contributed by atoms with Crippen molar-refractivity contribution in [3.63, 3.8) is 0 Å². The summed E-state index contributed by atoms with van der Waals surface area (Å²) in [5, 5.41) is 13.9. The maximum atomic E-state index is 10.3. The predicted molar refractivity (Wildman–Crippen MR) is 99.0 cm³/mol. The number of hydrogen-bond acceptors (Lipinski definition) is 3. The van der Waals surface area contributed by atoms with Crippen LogP contribution in [0.3, 0.4) is 0 Å². The van der Waals surface area contributed by atoms with Crippen LogP contribution in [-0.4, -0.2) is 35.7 Å². The Balaban J connectivity index is 1.48. The zero-order valence-electron chi connectivity index (χ0n) is 14.7. The van der Waals surface area contributed by atoms with Gasteiger partial charge in [0.15, 0.2) is 0 Å². The lowest BCUT2D eigenvalue weighted by Crippen LogP contribution is -2.35. The van der Waals surface area contributed by atoms with Crippen molar-refractivity contribution in [1.82, 2.24) is 10.2 Å². The third-order valence-corrected chi connectivity index (χ3v) is 5.11. The molecular weight excluding hydrogens is 296 g/mol. The van der Waals surface area contributed by atoms with Crippen LogP contribution in [0.25, 0.3) is 0 Å². The van der Waals surface area contributed by atoms with Gasteiger partial charge < -0.3 is 10.4 Å². The van der Waals surface area contributed by atoms with Crippen molar-refractivity contribution >= 4 is 0 Å². The Morgan fingerprint density at radius 3 is 2.50 bits per heavy atom. The highest BCUT2D eigenvalue weighted by Gasteiger charge is 2.26. The van der Waals surface area contributed by atoms with E-state index in [0.717, 1.165) is 25.1 Å². The van der Waals surface area contributed by atoms with Crippen LogP contribution in [0.1, 0.15) is 42.2 Å². The molecule has 2 aromatic carbocycles. The van der Waals surface area contributed by atoms with Gasteiger partial charge in [0.2, 0.25) is 0 Å². The minimum atomic E-state index is -0.439. The second-order valence-corrected chi connectivity index (χ2v) is 6.90. The molecule has 1 aliphatic heterocycles. The summed E-state index contributed by atoms with van der Waals surface area (Å²) in [4.78, 5) is 2.52. The van der Waals surface area contributed by atoms with Gasteiger partial charge in [0.25, 0.3) is 0 Å². The number of benzene rings is 2. The summed E-state index contributed by atoms with van der Waals surface area (Å²) in [6.45, 7) is 7.10. The van der Waals surface area contributed by atoms with E-state index in [1.165, 1.54) is 11.1 Å². The highest BCUT2D eigenvalue weighted by Crippen LogP contribution is 2.24. The fraction of sp³-hybridized carbons (Fsp3) is 0.429. The van der Waals surface area contributed by atoms with Gasteiger partial charge in [-0.05, 0) is 31.4 Å². The Labute approximate surface area is 145 Å². The summed E-state index contributed by atoms with van der Waals surface area (Å²) >= 11 is 0. The number of likely N-dealkylation sites (tertiary alicyclic amines) is 1. The molecule has 1 fully saturated rings. The lowest BCUT2D eigenvalue weighted by Gasteiger charge is -2.25. The standard InChI is InChI=1S/C21H28N2O/c1-16-8-10-19(11-9-16)21(24)14-22-20-12-13-23(15-20)17(2)18-6-4-3-5-7-18/h3-11,17,20-22,24H,12-15H2,1-2H3/t17-,20+,21-/m1/s1. The van der Waals surface area contributed by atoms with E-state index in [-0.39, 0.29) is 0 Å². The van der Waals surface area contributed by atoms with Crippen LogP contribution < -0.4 is 5.32 Å². The molecule has 1 heterocycles. The Bertz CT molecular complexity index is 626. The fourth-order valence-corrected chi connectivity index (χ4v) is 3.43. The van der Waals surface area contributed by atoms with E-state index in [1.807, 2.05) is 12.1 Å². The van der Waals surface area contributed by atoms with Crippen LogP contribution in [0.15, 0.2) is 54.6 Å². The van der Waals surface area contributed by atoms with Gasteiger partial charge in [0.05, 0.1) is 6.10 Å². The van der Waals surface area contributed by atoms with Crippen LogP contribution in [0, 0.1) is 6.92 Å². The van der Waals surface area contributed by atoms with Gasteiger partial charge in [-0.2, -0.15) is 0 Å². The normalized spacial score (nSPS) is 20.9. The molecule has 0 aliphatic carbocycles.